The minimum absolute atomic E-state index is 0.0348. The fourth-order valence-electron chi connectivity index (χ4n) is 2.41. The second kappa shape index (κ2) is 8.48. The van der Waals surface area contributed by atoms with E-state index in [4.69, 9.17) is 0 Å². The zero-order valence-electron chi connectivity index (χ0n) is 14.1. The number of amides is 1. The molecule has 0 saturated heterocycles. The standard InChI is InChI=1S/C19H20N4OS/c1-23-17(11-18(22-23)16-7-9-20-10-8-16)12-21-19(24)14-25-13-15-5-3-2-4-6-15/h2-11H,12-14H2,1H3,(H,21,24). The Labute approximate surface area is 151 Å². The van der Waals surface area contributed by atoms with Gasteiger partial charge in [-0.1, -0.05) is 30.3 Å². The maximum atomic E-state index is 12.0. The maximum Gasteiger partial charge on any atom is 0.230 e. The normalized spacial score (nSPS) is 10.6. The molecule has 3 aromatic rings. The highest BCUT2D eigenvalue weighted by molar-refractivity contribution is 7.99. The third kappa shape index (κ3) is 4.93. The van der Waals surface area contributed by atoms with E-state index in [1.807, 2.05) is 43.4 Å². The SMILES string of the molecule is Cn1nc(-c2ccncc2)cc1CNC(=O)CSCc1ccccc1. The predicted molar refractivity (Wildman–Crippen MR) is 101 cm³/mol. The Hall–Kier alpha value is -2.60. The zero-order valence-corrected chi connectivity index (χ0v) is 14.9. The van der Waals surface area contributed by atoms with Crippen LogP contribution in [-0.2, 0) is 24.1 Å². The van der Waals surface area contributed by atoms with E-state index >= 15 is 0 Å². The van der Waals surface area contributed by atoms with Crippen molar-refractivity contribution >= 4 is 17.7 Å². The van der Waals surface area contributed by atoms with Crippen molar-refractivity contribution in [1.29, 1.82) is 0 Å². The Morgan fingerprint density at radius 2 is 1.92 bits per heavy atom. The molecule has 1 amide bonds. The van der Waals surface area contributed by atoms with Gasteiger partial charge in [-0.2, -0.15) is 5.10 Å². The van der Waals surface area contributed by atoms with Crippen LogP contribution in [0.15, 0.2) is 60.9 Å². The minimum Gasteiger partial charge on any atom is -0.350 e. The summed E-state index contributed by atoms with van der Waals surface area (Å²) in [5, 5.41) is 7.45. The van der Waals surface area contributed by atoms with Gasteiger partial charge < -0.3 is 5.32 Å². The molecule has 5 nitrogen and oxygen atoms in total. The molecule has 0 aliphatic heterocycles. The molecule has 0 unspecified atom stereocenters. The van der Waals surface area contributed by atoms with Gasteiger partial charge in [0.25, 0.3) is 0 Å². The van der Waals surface area contributed by atoms with Crippen LogP contribution in [0.5, 0.6) is 0 Å². The summed E-state index contributed by atoms with van der Waals surface area (Å²) in [6.45, 7) is 0.472. The van der Waals surface area contributed by atoms with Crippen molar-refractivity contribution in [1.82, 2.24) is 20.1 Å². The fraction of sp³-hybridized carbons (Fsp3) is 0.211. The summed E-state index contributed by atoms with van der Waals surface area (Å²) in [6.07, 6.45) is 3.49. The van der Waals surface area contributed by atoms with E-state index in [9.17, 15) is 4.79 Å². The van der Waals surface area contributed by atoms with Crippen LogP contribution >= 0.6 is 11.8 Å². The van der Waals surface area contributed by atoms with Gasteiger partial charge in [-0.05, 0) is 23.8 Å². The lowest BCUT2D eigenvalue weighted by molar-refractivity contribution is -0.118. The number of hydrogen-bond donors (Lipinski definition) is 1. The molecule has 0 aliphatic carbocycles. The molecule has 2 aromatic heterocycles. The van der Waals surface area contributed by atoms with Gasteiger partial charge in [0.05, 0.1) is 23.7 Å². The lowest BCUT2D eigenvalue weighted by Crippen LogP contribution is -2.25. The highest BCUT2D eigenvalue weighted by Crippen LogP contribution is 2.17. The molecule has 0 fully saturated rings. The zero-order chi connectivity index (χ0) is 17.5. The number of benzene rings is 1. The number of carbonyl (C=O) groups is 1. The lowest BCUT2D eigenvalue weighted by atomic mass is 10.2. The number of thioether (sulfide) groups is 1. The van der Waals surface area contributed by atoms with Crippen molar-refractivity contribution < 1.29 is 4.79 Å². The minimum atomic E-state index is 0.0348. The van der Waals surface area contributed by atoms with Gasteiger partial charge in [-0.3, -0.25) is 14.5 Å². The first-order valence-corrected chi connectivity index (χ1v) is 9.19. The van der Waals surface area contributed by atoms with E-state index in [2.05, 4.69) is 27.5 Å². The van der Waals surface area contributed by atoms with Gasteiger partial charge in [0.1, 0.15) is 0 Å². The summed E-state index contributed by atoms with van der Waals surface area (Å²) < 4.78 is 1.80. The Morgan fingerprint density at radius 1 is 1.16 bits per heavy atom. The molecule has 0 spiro atoms. The van der Waals surface area contributed by atoms with E-state index < -0.39 is 0 Å². The fourth-order valence-corrected chi connectivity index (χ4v) is 3.23. The second-order valence-corrected chi connectivity index (χ2v) is 6.62. The van der Waals surface area contributed by atoms with Gasteiger partial charge >= 0.3 is 0 Å². The van der Waals surface area contributed by atoms with Crippen LogP contribution in [0.3, 0.4) is 0 Å². The summed E-state index contributed by atoms with van der Waals surface area (Å²) >= 11 is 1.61. The molecule has 25 heavy (non-hydrogen) atoms. The average molecular weight is 352 g/mol. The maximum absolute atomic E-state index is 12.0. The molecule has 0 atom stereocenters. The number of rotatable bonds is 7. The number of aryl methyl sites for hydroxylation is 1. The van der Waals surface area contributed by atoms with Crippen LogP contribution in [0, 0.1) is 0 Å². The first-order valence-electron chi connectivity index (χ1n) is 8.04. The molecule has 0 aliphatic rings. The number of hydrogen-bond acceptors (Lipinski definition) is 4. The van der Waals surface area contributed by atoms with Crippen molar-refractivity contribution in [3.63, 3.8) is 0 Å². The largest absolute Gasteiger partial charge is 0.350 e. The Kier molecular flexibility index (Phi) is 5.85. The predicted octanol–water partition coefficient (Wildman–Crippen LogP) is 3.03. The van der Waals surface area contributed by atoms with Crippen molar-refractivity contribution in [2.45, 2.75) is 12.3 Å². The van der Waals surface area contributed by atoms with Crippen LogP contribution in [0.1, 0.15) is 11.3 Å². The number of pyridine rings is 1. The molecular formula is C19H20N4OS. The highest BCUT2D eigenvalue weighted by Gasteiger charge is 2.09. The topological polar surface area (TPSA) is 59.8 Å². The summed E-state index contributed by atoms with van der Waals surface area (Å²) in [5.74, 6) is 1.32. The second-order valence-electron chi connectivity index (χ2n) is 5.64. The monoisotopic (exact) mass is 352 g/mol. The summed E-state index contributed by atoms with van der Waals surface area (Å²) in [4.78, 5) is 16.0. The Morgan fingerprint density at radius 3 is 2.68 bits per heavy atom. The Bertz CT molecular complexity index is 818. The van der Waals surface area contributed by atoms with Gasteiger partial charge in [0.2, 0.25) is 5.91 Å². The van der Waals surface area contributed by atoms with Gasteiger partial charge in [0.15, 0.2) is 0 Å². The Balaban J connectivity index is 1.48. The van der Waals surface area contributed by atoms with E-state index in [1.54, 1.807) is 28.8 Å². The number of nitrogens with zero attached hydrogens (tertiary/aromatic N) is 3. The highest BCUT2D eigenvalue weighted by atomic mass is 32.2. The molecular weight excluding hydrogens is 332 g/mol. The molecule has 3 rings (SSSR count). The quantitative estimate of drug-likeness (QED) is 0.710. The van der Waals surface area contributed by atoms with Crippen molar-refractivity contribution in [3.8, 4) is 11.3 Å². The first kappa shape index (κ1) is 17.2. The van der Waals surface area contributed by atoms with Crippen LogP contribution in [0.4, 0.5) is 0 Å². The van der Waals surface area contributed by atoms with E-state index in [0.717, 1.165) is 22.7 Å². The molecule has 128 valence electrons. The third-order valence-electron chi connectivity index (χ3n) is 3.76. The van der Waals surface area contributed by atoms with Crippen LogP contribution < -0.4 is 5.32 Å². The molecule has 0 saturated carbocycles. The molecule has 6 heteroatoms. The van der Waals surface area contributed by atoms with Crippen molar-refractivity contribution in [2.75, 3.05) is 5.75 Å². The van der Waals surface area contributed by atoms with E-state index in [1.165, 1.54) is 5.56 Å². The molecule has 2 heterocycles. The number of nitrogens with one attached hydrogen (secondary N) is 1. The van der Waals surface area contributed by atoms with Gasteiger partial charge in [-0.25, -0.2) is 0 Å². The van der Waals surface area contributed by atoms with Crippen molar-refractivity contribution in [3.05, 3.63) is 72.2 Å². The lowest BCUT2D eigenvalue weighted by Gasteiger charge is -2.05. The molecule has 0 bridgehead atoms. The smallest absolute Gasteiger partial charge is 0.230 e. The van der Waals surface area contributed by atoms with Crippen LogP contribution in [-0.4, -0.2) is 26.4 Å². The van der Waals surface area contributed by atoms with Crippen LogP contribution in [0.25, 0.3) is 11.3 Å². The third-order valence-corrected chi connectivity index (χ3v) is 4.77. The average Bonchev–Trinajstić information content (AvgIpc) is 3.02. The number of carbonyl (C=O) groups excluding carboxylic acids is 1. The summed E-state index contributed by atoms with van der Waals surface area (Å²) in [5.41, 5.74) is 4.09. The molecule has 1 N–H and O–H groups in total. The van der Waals surface area contributed by atoms with E-state index in [-0.39, 0.29) is 5.91 Å². The van der Waals surface area contributed by atoms with Crippen LogP contribution in [0.2, 0.25) is 0 Å². The molecule has 1 aromatic carbocycles. The molecule has 0 radical (unpaired) electrons. The summed E-state index contributed by atoms with van der Waals surface area (Å²) in [6, 6.07) is 16.0. The first-order chi connectivity index (χ1) is 12.2. The number of aromatic nitrogens is 3. The van der Waals surface area contributed by atoms with E-state index in [0.29, 0.717) is 12.3 Å². The van der Waals surface area contributed by atoms with Crippen molar-refractivity contribution in [2.24, 2.45) is 7.05 Å². The van der Waals surface area contributed by atoms with Gasteiger partial charge in [-0.15, -0.1) is 11.8 Å². The summed E-state index contributed by atoms with van der Waals surface area (Å²) in [7, 11) is 1.89. The van der Waals surface area contributed by atoms with Gasteiger partial charge in [0, 0.05) is 30.8 Å².